The van der Waals surface area contributed by atoms with Crippen molar-refractivity contribution in [3.63, 3.8) is 0 Å². The van der Waals surface area contributed by atoms with Gasteiger partial charge in [-0.25, -0.2) is 9.67 Å². The van der Waals surface area contributed by atoms with Crippen LogP contribution in [-0.2, 0) is 4.74 Å². The monoisotopic (exact) mass is 407 g/mol. The Kier molecular flexibility index (Phi) is 9.16. The Hall–Kier alpha value is -1.38. The Balaban J connectivity index is 0.00000312. The van der Waals surface area contributed by atoms with Gasteiger partial charge in [-0.1, -0.05) is 29.3 Å². The SMILES string of the molecule is COCCNCCNC(=O)c1nc(C)n(-c2c(Cl)cccc2Cl)n1.Cl. The topological polar surface area (TPSA) is 81.1 Å². The molecule has 1 amide bonds. The number of halogens is 3. The zero-order valence-corrected chi connectivity index (χ0v) is 16.2. The van der Waals surface area contributed by atoms with Gasteiger partial charge in [0.1, 0.15) is 11.5 Å². The summed E-state index contributed by atoms with van der Waals surface area (Å²) in [5.41, 5.74) is 0.506. The highest BCUT2D eigenvalue weighted by atomic mass is 35.5. The zero-order chi connectivity index (χ0) is 17.5. The minimum Gasteiger partial charge on any atom is -0.383 e. The van der Waals surface area contributed by atoms with Crippen molar-refractivity contribution < 1.29 is 9.53 Å². The van der Waals surface area contributed by atoms with Gasteiger partial charge in [0, 0.05) is 26.7 Å². The van der Waals surface area contributed by atoms with E-state index >= 15 is 0 Å². The maximum Gasteiger partial charge on any atom is 0.291 e. The van der Waals surface area contributed by atoms with Gasteiger partial charge in [-0.05, 0) is 19.1 Å². The second-order valence-electron chi connectivity index (χ2n) is 4.96. The third kappa shape index (κ3) is 5.83. The van der Waals surface area contributed by atoms with Crippen molar-refractivity contribution in [2.45, 2.75) is 6.92 Å². The van der Waals surface area contributed by atoms with Gasteiger partial charge in [-0.15, -0.1) is 17.5 Å². The lowest BCUT2D eigenvalue weighted by molar-refractivity contribution is 0.0943. The van der Waals surface area contributed by atoms with Gasteiger partial charge in [-0.2, -0.15) is 0 Å². The highest BCUT2D eigenvalue weighted by Crippen LogP contribution is 2.28. The van der Waals surface area contributed by atoms with E-state index in [9.17, 15) is 4.79 Å². The van der Waals surface area contributed by atoms with Crippen LogP contribution in [0.2, 0.25) is 10.0 Å². The summed E-state index contributed by atoms with van der Waals surface area (Å²) in [5, 5.41) is 11.0. The number of aromatic nitrogens is 3. The average molecular weight is 409 g/mol. The maximum absolute atomic E-state index is 12.1. The van der Waals surface area contributed by atoms with Crippen LogP contribution in [0.3, 0.4) is 0 Å². The summed E-state index contributed by atoms with van der Waals surface area (Å²) >= 11 is 12.4. The number of carbonyl (C=O) groups is 1. The number of benzene rings is 1. The van der Waals surface area contributed by atoms with Gasteiger partial charge in [0.2, 0.25) is 5.82 Å². The van der Waals surface area contributed by atoms with Crippen molar-refractivity contribution in [1.82, 2.24) is 25.4 Å². The molecule has 0 fully saturated rings. The van der Waals surface area contributed by atoms with E-state index in [0.717, 1.165) is 6.54 Å². The van der Waals surface area contributed by atoms with Gasteiger partial charge in [0.05, 0.1) is 16.7 Å². The standard InChI is InChI=1S/C15H19Cl2N5O2.ClH/c1-10-20-14(15(23)19-7-6-18-8-9-24-2)21-22(10)13-11(16)4-3-5-12(13)17;/h3-5,18H,6-9H2,1-2H3,(H,19,23);1H. The summed E-state index contributed by atoms with van der Waals surface area (Å²) in [4.78, 5) is 16.3. The Morgan fingerprint density at radius 1 is 1.24 bits per heavy atom. The quantitative estimate of drug-likeness (QED) is 0.655. The number of aryl methyl sites for hydroxylation is 1. The number of nitrogens with zero attached hydrogens (tertiary/aromatic N) is 3. The van der Waals surface area contributed by atoms with Crippen LogP contribution in [0.5, 0.6) is 0 Å². The van der Waals surface area contributed by atoms with Crippen LogP contribution in [0.25, 0.3) is 5.69 Å². The minimum atomic E-state index is -0.353. The van der Waals surface area contributed by atoms with Crippen LogP contribution in [0, 0.1) is 6.92 Å². The van der Waals surface area contributed by atoms with Crippen molar-refractivity contribution in [2.75, 3.05) is 33.4 Å². The summed E-state index contributed by atoms with van der Waals surface area (Å²) in [7, 11) is 1.64. The first-order valence-electron chi connectivity index (χ1n) is 7.40. The molecule has 2 rings (SSSR count). The van der Waals surface area contributed by atoms with E-state index in [1.165, 1.54) is 4.68 Å². The van der Waals surface area contributed by atoms with E-state index < -0.39 is 0 Å². The third-order valence-electron chi connectivity index (χ3n) is 3.19. The van der Waals surface area contributed by atoms with Gasteiger partial charge >= 0.3 is 0 Å². The van der Waals surface area contributed by atoms with Crippen molar-refractivity contribution >= 4 is 41.5 Å². The second-order valence-corrected chi connectivity index (χ2v) is 5.78. The van der Waals surface area contributed by atoms with Gasteiger partial charge in [0.25, 0.3) is 5.91 Å². The van der Waals surface area contributed by atoms with Crippen molar-refractivity contribution in [3.8, 4) is 5.69 Å². The van der Waals surface area contributed by atoms with Gasteiger partial charge in [0.15, 0.2) is 0 Å². The van der Waals surface area contributed by atoms with E-state index in [4.69, 9.17) is 27.9 Å². The maximum atomic E-state index is 12.1. The first-order valence-corrected chi connectivity index (χ1v) is 8.16. The summed E-state index contributed by atoms with van der Waals surface area (Å²) in [5.74, 6) is 0.238. The lowest BCUT2D eigenvalue weighted by Gasteiger charge is -2.07. The third-order valence-corrected chi connectivity index (χ3v) is 3.80. The number of hydrogen-bond acceptors (Lipinski definition) is 5. The van der Waals surface area contributed by atoms with E-state index in [1.807, 2.05) is 0 Å². The minimum absolute atomic E-state index is 0. The van der Waals surface area contributed by atoms with Crippen LogP contribution in [0.15, 0.2) is 18.2 Å². The molecule has 2 aromatic rings. The number of carbonyl (C=O) groups excluding carboxylic acids is 1. The lowest BCUT2D eigenvalue weighted by Crippen LogP contribution is -2.33. The molecule has 0 unspecified atom stereocenters. The molecule has 0 radical (unpaired) electrons. The molecule has 0 aliphatic heterocycles. The molecule has 1 heterocycles. The fraction of sp³-hybridized carbons (Fsp3) is 0.400. The van der Waals surface area contributed by atoms with Crippen molar-refractivity contribution in [2.24, 2.45) is 0 Å². The van der Waals surface area contributed by atoms with E-state index in [0.29, 0.717) is 41.3 Å². The number of nitrogens with one attached hydrogen (secondary N) is 2. The Labute approximate surface area is 162 Å². The molecule has 0 spiro atoms. The number of rotatable bonds is 8. The number of ether oxygens (including phenoxy) is 1. The largest absolute Gasteiger partial charge is 0.383 e. The average Bonchev–Trinajstić information content (AvgIpc) is 2.92. The first-order chi connectivity index (χ1) is 11.5. The van der Waals surface area contributed by atoms with E-state index in [2.05, 4.69) is 20.7 Å². The van der Waals surface area contributed by atoms with Crippen LogP contribution in [-0.4, -0.2) is 54.0 Å². The number of para-hydroxylation sites is 1. The second kappa shape index (κ2) is 10.6. The molecular formula is C15H20Cl3N5O2. The van der Waals surface area contributed by atoms with Crippen LogP contribution in [0.1, 0.15) is 16.4 Å². The van der Waals surface area contributed by atoms with Crippen molar-refractivity contribution in [1.29, 1.82) is 0 Å². The van der Waals surface area contributed by atoms with Crippen LogP contribution in [0.4, 0.5) is 0 Å². The zero-order valence-electron chi connectivity index (χ0n) is 13.9. The van der Waals surface area contributed by atoms with Gasteiger partial charge < -0.3 is 15.4 Å². The molecule has 138 valence electrons. The van der Waals surface area contributed by atoms with E-state index in [1.54, 1.807) is 32.2 Å². The molecule has 2 N–H and O–H groups in total. The Morgan fingerprint density at radius 2 is 1.92 bits per heavy atom. The first kappa shape index (κ1) is 21.7. The fourth-order valence-electron chi connectivity index (χ4n) is 2.03. The molecule has 0 aliphatic rings. The molecule has 1 aromatic carbocycles. The number of hydrogen-bond donors (Lipinski definition) is 2. The molecule has 0 bridgehead atoms. The van der Waals surface area contributed by atoms with Crippen LogP contribution >= 0.6 is 35.6 Å². The molecule has 10 heteroatoms. The predicted molar refractivity (Wildman–Crippen MR) is 100 cm³/mol. The molecular weight excluding hydrogens is 389 g/mol. The summed E-state index contributed by atoms with van der Waals surface area (Å²) in [6, 6.07) is 5.15. The molecule has 0 saturated heterocycles. The Bertz CT molecular complexity index is 688. The number of amides is 1. The summed E-state index contributed by atoms with van der Waals surface area (Å²) in [6.07, 6.45) is 0. The van der Waals surface area contributed by atoms with Crippen molar-refractivity contribution in [3.05, 3.63) is 39.9 Å². The Morgan fingerprint density at radius 3 is 2.56 bits per heavy atom. The molecule has 0 aliphatic carbocycles. The number of methoxy groups -OCH3 is 1. The smallest absolute Gasteiger partial charge is 0.291 e. The summed E-state index contributed by atoms with van der Waals surface area (Å²) in [6.45, 7) is 4.17. The molecule has 1 aromatic heterocycles. The highest BCUT2D eigenvalue weighted by Gasteiger charge is 2.17. The highest BCUT2D eigenvalue weighted by molar-refractivity contribution is 6.37. The van der Waals surface area contributed by atoms with Gasteiger partial charge in [-0.3, -0.25) is 4.79 Å². The lowest BCUT2D eigenvalue weighted by atomic mass is 10.3. The van der Waals surface area contributed by atoms with E-state index in [-0.39, 0.29) is 24.1 Å². The fourth-order valence-corrected chi connectivity index (χ4v) is 2.59. The van der Waals surface area contributed by atoms with Crippen LogP contribution < -0.4 is 10.6 Å². The predicted octanol–water partition coefficient (Wildman–Crippen LogP) is 2.27. The molecule has 0 atom stereocenters. The molecule has 7 nitrogen and oxygen atoms in total. The molecule has 25 heavy (non-hydrogen) atoms. The normalized spacial score (nSPS) is 10.4. The molecule has 0 saturated carbocycles. The summed E-state index contributed by atoms with van der Waals surface area (Å²) < 4.78 is 6.39.